The van der Waals surface area contributed by atoms with Gasteiger partial charge in [-0.3, -0.25) is 4.40 Å². The first-order valence-corrected chi connectivity index (χ1v) is 5.93. The molecule has 102 valence electrons. The lowest BCUT2D eigenvalue weighted by molar-refractivity contribution is 0.0686. The van der Waals surface area contributed by atoms with Crippen LogP contribution in [0.2, 0.25) is 0 Å². The van der Waals surface area contributed by atoms with Crippen molar-refractivity contribution in [2.24, 2.45) is 0 Å². The number of hydrogen-bond donors (Lipinski definition) is 2. The number of imidazole rings is 1. The minimum Gasteiger partial charge on any atom is -0.476 e. The van der Waals surface area contributed by atoms with Gasteiger partial charge in [0.1, 0.15) is 5.65 Å². The van der Waals surface area contributed by atoms with Gasteiger partial charge in [0.2, 0.25) is 0 Å². The maximum Gasteiger partial charge on any atom is 0.356 e. The van der Waals surface area contributed by atoms with E-state index in [2.05, 4.69) is 4.98 Å². The van der Waals surface area contributed by atoms with E-state index in [0.29, 0.717) is 11.5 Å². The van der Waals surface area contributed by atoms with E-state index < -0.39 is 11.6 Å². The molecular formula is C13H17N3O3. The SMILES string of the molecule is CN(CC(C)(C)O)c1nc2ccccn2c1C(=O)O. The third-order valence-electron chi connectivity index (χ3n) is 2.70. The third-order valence-corrected chi connectivity index (χ3v) is 2.70. The van der Waals surface area contributed by atoms with Gasteiger partial charge < -0.3 is 15.1 Å². The first-order chi connectivity index (χ1) is 8.79. The number of nitrogens with zero attached hydrogens (tertiary/aromatic N) is 3. The summed E-state index contributed by atoms with van der Waals surface area (Å²) in [4.78, 5) is 17.4. The monoisotopic (exact) mass is 263 g/mol. The lowest BCUT2D eigenvalue weighted by Gasteiger charge is -2.25. The summed E-state index contributed by atoms with van der Waals surface area (Å²) in [6.07, 6.45) is 1.66. The Balaban J connectivity index is 2.53. The van der Waals surface area contributed by atoms with Gasteiger partial charge in [0.15, 0.2) is 11.5 Å². The Morgan fingerprint density at radius 2 is 2.16 bits per heavy atom. The number of aromatic nitrogens is 2. The van der Waals surface area contributed by atoms with E-state index in [-0.39, 0.29) is 12.2 Å². The highest BCUT2D eigenvalue weighted by Gasteiger charge is 2.24. The number of anilines is 1. The number of rotatable bonds is 4. The second-order valence-corrected chi connectivity index (χ2v) is 5.19. The van der Waals surface area contributed by atoms with Gasteiger partial charge >= 0.3 is 5.97 Å². The maximum atomic E-state index is 11.4. The van der Waals surface area contributed by atoms with Crippen LogP contribution in [0.3, 0.4) is 0 Å². The summed E-state index contributed by atoms with van der Waals surface area (Å²) >= 11 is 0. The molecule has 2 heterocycles. The van der Waals surface area contributed by atoms with Gasteiger partial charge in [-0.05, 0) is 26.0 Å². The van der Waals surface area contributed by atoms with Crippen molar-refractivity contribution in [2.75, 3.05) is 18.5 Å². The maximum absolute atomic E-state index is 11.4. The van der Waals surface area contributed by atoms with Crippen LogP contribution in [0, 0.1) is 0 Å². The van der Waals surface area contributed by atoms with Crippen LogP contribution in [-0.2, 0) is 0 Å². The molecule has 2 aromatic rings. The Kier molecular flexibility index (Phi) is 3.20. The average molecular weight is 263 g/mol. The van der Waals surface area contributed by atoms with Crippen molar-refractivity contribution in [1.82, 2.24) is 9.38 Å². The molecule has 0 bridgehead atoms. The van der Waals surface area contributed by atoms with E-state index in [0.717, 1.165) is 0 Å². The number of aromatic carboxylic acids is 1. The van der Waals surface area contributed by atoms with Crippen LogP contribution in [0.15, 0.2) is 24.4 Å². The fraction of sp³-hybridized carbons (Fsp3) is 0.385. The molecule has 0 fully saturated rings. The second kappa shape index (κ2) is 4.55. The molecule has 0 unspecified atom stereocenters. The molecular weight excluding hydrogens is 246 g/mol. The zero-order valence-corrected chi connectivity index (χ0v) is 11.2. The summed E-state index contributed by atoms with van der Waals surface area (Å²) in [5.41, 5.74) is -0.264. The number of fused-ring (bicyclic) bond motifs is 1. The van der Waals surface area contributed by atoms with Crippen LogP contribution in [0.25, 0.3) is 5.65 Å². The van der Waals surface area contributed by atoms with Crippen molar-refractivity contribution in [3.05, 3.63) is 30.1 Å². The van der Waals surface area contributed by atoms with Crippen LogP contribution in [-0.4, -0.2) is 44.8 Å². The number of carboxylic acids is 1. The Hall–Kier alpha value is -2.08. The lowest BCUT2D eigenvalue weighted by atomic mass is 10.1. The first kappa shape index (κ1) is 13.4. The predicted molar refractivity (Wildman–Crippen MR) is 71.7 cm³/mol. The smallest absolute Gasteiger partial charge is 0.356 e. The Bertz CT molecular complexity index is 613. The number of pyridine rings is 1. The van der Waals surface area contributed by atoms with Crippen molar-refractivity contribution >= 4 is 17.4 Å². The average Bonchev–Trinajstić information content (AvgIpc) is 2.65. The third kappa shape index (κ3) is 2.68. The molecule has 0 spiro atoms. The number of aliphatic hydroxyl groups is 1. The molecule has 0 aliphatic heterocycles. The standard InChI is InChI=1S/C13H17N3O3/c1-13(2,19)8-15(3)11-10(12(17)18)16-7-5-4-6-9(16)14-11/h4-7,19H,8H2,1-3H3,(H,17,18). The Labute approximate surface area is 110 Å². The fourth-order valence-electron chi connectivity index (χ4n) is 2.10. The minimum atomic E-state index is -1.05. The van der Waals surface area contributed by atoms with Gasteiger partial charge in [0, 0.05) is 19.8 Å². The van der Waals surface area contributed by atoms with Crippen molar-refractivity contribution in [2.45, 2.75) is 19.4 Å². The molecule has 0 aliphatic carbocycles. The first-order valence-electron chi connectivity index (χ1n) is 5.93. The van der Waals surface area contributed by atoms with E-state index in [9.17, 15) is 15.0 Å². The molecule has 6 heteroatoms. The van der Waals surface area contributed by atoms with E-state index in [1.54, 1.807) is 50.2 Å². The molecule has 0 atom stereocenters. The fourth-order valence-corrected chi connectivity index (χ4v) is 2.10. The van der Waals surface area contributed by atoms with Gasteiger partial charge in [0.25, 0.3) is 0 Å². The highest BCUT2D eigenvalue weighted by molar-refractivity contribution is 5.93. The normalized spacial score (nSPS) is 11.8. The van der Waals surface area contributed by atoms with Crippen LogP contribution in [0.5, 0.6) is 0 Å². The highest BCUT2D eigenvalue weighted by Crippen LogP contribution is 2.22. The van der Waals surface area contributed by atoms with E-state index in [4.69, 9.17) is 0 Å². The Morgan fingerprint density at radius 3 is 2.74 bits per heavy atom. The molecule has 2 rings (SSSR count). The second-order valence-electron chi connectivity index (χ2n) is 5.19. The Morgan fingerprint density at radius 1 is 1.47 bits per heavy atom. The minimum absolute atomic E-state index is 0.0994. The molecule has 2 aromatic heterocycles. The van der Waals surface area contributed by atoms with Crippen LogP contribution < -0.4 is 4.90 Å². The number of hydrogen-bond acceptors (Lipinski definition) is 4. The van der Waals surface area contributed by atoms with E-state index in [1.807, 2.05) is 0 Å². The summed E-state index contributed by atoms with van der Waals surface area (Å²) in [5.74, 6) is -0.697. The summed E-state index contributed by atoms with van der Waals surface area (Å²) in [7, 11) is 1.71. The van der Waals surface area contributed by atoms with Crippen LogP contribution >= 0.6 is 0 Å². The van der Waals surface area contributed by atoms with Gasteiger partial charge in [-0.1, -0.05) is 6.07 Å². The molecule has 0 saturated carbocycles. The zero-order valence-electron chi connectivity index (χ0n) is 11.2. The van der Waals surface area contributed by atoms with Crippen molar-refractivity contribution in [1.29, 1.82) is 0 Å². The summed E-state index contributed by atoms with van der Waals surface area (Å²) in [6.45, 7) is 3.62. The van der Waals surface area contributed by atoms with Gasteiger partial charge in [-0.2, -0.15) is 0 Å². The predicted octanol–water partition coefficient (Wildman–Crippen LogP) is 1.24. The van der Waals surface area contributed by atoms with Crippen LogP contribution in [0.4, 0.5) is 5.82 Å². The highest BCUT2D eigenvalue weighted by atomic mass is 16.4. The van der Waals surface area contributed by atoms with E-state index >= 15 is 0 Å². The molecule has 0 saturated heterocycles. The molecule has 0 aromatic carbocycles. The quantitative estimate of drug-likeness (QED) is 0.867. The lowest BCUT2D eigenvalue weighted by Crippen LogP contribution is -2.37. The summed E-state index contributed by atoms with van der Waals surface area (Å²) in [5, 5.41) is 19.2. The molecule has 19 heavy (non-hydrogen) atoms. The van der Waals surface area contributed by atoms with Gasteiger partial charge in [-0.25, -0.2) is 9.78 Å². The van der Waals surface area contributed by atoms with Gasteiger partial charge in [-0.15, -0.1) is 0 Å². The number of carboxylic acid groups (broad SMARTS) is 1. The topological polar surface area (TPSA) is 78.1 Å². The number of carbonyl (C=O) groups is 1. The summed E-state index contributed by atoms with van der Waals surface area (Å²) in [6, 6.07) is 5.29. The van der Waals surface area contributed by atoms with Crippen LogP contribution in [0.1, 0.15) is 24.3 Å². The van der Waals surface area contributed by atoms with Crippen molar-refractivity contribution in [3.8, 4) is 0 Å². The van der Waals surface area contributed by atoms with Gasteiger partial charge in [0.05, 0.1) is 5.60 Å². The van der Waals surface area contributed by atoms with E-state index in [1.165, 1.54) is 4.40 Å². The van der Waals surface area contributed by atoms with Crippen molar-refractivity contribution < 1.29 is 15.0 Å². The summed E-state index contributed by atoms with van der Waals surface area (Å²) < 4.78 is 1.53. The molecule has 2 N–H and O–H groups in total. The number of likely N-dealkylation sites (N-methyl/N-ethyl adjacent to an activating group) is 1. The molecule has 0 amide bonds. The molecule has 0 radical (unpaired) electrons. The largest absolute Gasteiger partial charge is 0.476 e. The van der Waals surface area contributed by atoms with Crippen molar-refractivity contribution in [3.63, 3.8) is 0 Å². The molecule has 6 nitrogen and oxygen atoms in total. The zero-order chi connectivity index (χ0) is 14.2. The molecule has 0 aliphatic rings.